The van der Waals surface area contributed by atoms with Gasteiger partial charge in [-0.15, -0.1) is 11.3 Å². The minimum atomic E-state index is -0.0179. The molecule has 0 spiro atoms. The third kappa shape index (κ3) is 7.65. The molecule has 0 saturated carbocycles. The zero-order valence-electron chi connectivity index (χ0n) is 46.8. The Hall–Kier alpha value is -6.82. The molecule has 2 aliphatic carbocycles. The third-order valence-corrected chi connectivity index (χ3v) is 19.6. The zero-order chi connectivity index (χ0) is 52.8. The maximum absolute atomic E-state index is 2.71. The lowest BCUT2D eigenvalue weighted by atomic mass is 9.36. The smallest absolute Gasteiger partial charge is 0.264 e. The fraction of sp³-hybridized carbons (Fsp3) is 0.296. The van der Waals surface area contributed by atoms with Gasteiger partial charge >= 0.3 is 0 Å². The Morgan fingerprint density at radius 1 is 0.487 bits per heavy atom. The Bertz CT molecular complexity index is 3740. The Kier molecular flexibility index (Phi) is 11.0. The van der Waals surface area contributed by atoms with Crippen molar-refractivity contribution in [1.82, 2.24) is 0 Å². The highest BCUT2D eigenvalue weighted by Gasteiger charge is 2.48. The van der Waals surface area contributed by atoms with Crippen molar-refractivity contribution in [2.24, 2.45) is 0 Å². The van der Waals surface area contributed by atoms with Gasteiger partial charge in [0.15, 0.2) is 0 Å². The topological polar surface area (TPSA) is 9.72 Å². The summed E-state index contributed by atoms with van der Waals surface area (Å²) in [7, 11) is 0. The van der Waals surface area contributed by atoms with Crippen LogP contribution in [0.5, 0.6) is 0 Å². The number of rotatable bonds is 6. The monoisotopic (exact) mass is 1010 g/mol. The first-order valence-electron chi connectivity index (χ1n) is 28.0. The highest BCUT2D eigenvalue weighted by Crippen LogP contribution is 2.56. The first-order valence-corrected chi connectivity index (χ1v) is 28.8. The highest BCUT2D eigenvalue weighted by atomic mass is 32.1. The van der Waals surface area contributed by atoms with E-state index in [1.807, 2.05) is 11.3 Å². The normalized spacial score (nSPS) is 17.3. The molecule has 0 saturated heterocycles. The second kappa shape index (κ2) is 17.1. The Morgan fingerprint density at radius 3 is 1.64 bits per heavy atom. The van der Waals surface area contributed by atoms with Crippen molar-refractivity contribution in [2.45, 2.75) is 136 Å². The van der Waals surface area contributed by atoms with Gasteiger partial charge in [0, 0.05) is 60.2 Å². The first kappa shape index (κ1) is 48.8. The second-order valence-electron chi connectivity index (χ2n) is 26.4. The molecule has 2 aliphatic heterocycles. The number of para-hydroxylation sites is 2. The van der Waals surface area contributed by atoms with E-state index in [4.69, 9.17) is 0 Å². The van der Waals surface area contributed by atoms with E-state index in [0.717, 1.165) is 36.3 Å². The molecule has 0 N–H and O–H groups in total. The van der Waals surface area contributed by atoms with Crippen LogP contribution in [0.25, 0.3) is 21.2 Å². The van der Waals surface area contributed by atoms with E-state index in [0.29, 0.717) is 0 Å². The Morgan fingerprint density at radius 2 is 1.04 bits per heavy atom. The Balaban J connectivity index is 1.16. The van der Waals surface area contributed by atoms with Crippen molar-refractivity contribution in [3.05, 3.63) is 203 Å². The maximum atomic E-state index is 2.71. The predicted octanol–water partition coefficient (Wildman–Crippen LogP) is 18.4. The second-order valence-corrected chi connectivity index (χ2v) is 27.5. The first-order chi connectivity index (χ1) is 36.2. The summed E-state index contributed by atoms with van der Waals surface area (Å²) in [6.07, 6.45) is 4.64. The van der Waals surface area contributed by atoms with Gasteiger partial charge in [-0.1, -0.05) is 161 Å². The number of anilines is 9. The molecule has 0 radical (unpaired) electrons. The van der Waals surface area contributed by atoms with Gasteiger partial charge in [0.05, 0.1) is 11.4 Å². The van der Waals surface area contributed by atoms with Crippen molar-refractivity contribution >= 4 is 95.0 Å². The van der Waals surface area contributed by atoms with E-state index < -0.39 is 0 Å². The SMILES string of the molecule is Cc1cc2c3c(c1)N(c1ccc4c(c1)C(C)(C)CCC4(C)C)c1c(sc4ccc(C(C)(C)C)cc14)B3c1ccc(N(c3ccccc3)c3ccccc3)cc1N2c1cc2c(cc1-c1ccccc1)C(C)(C)CCC2(C)C. The van der Waals surface area contributed by atoms with E-state index in [2.05, 4.69) is 268 Å². The molecule has 5 heteroatoms. The molecule has 13 rings (SSSR count). The fourth-order valence-corrected chi connectivity index (χ4v) is 15.0. The van der Waals surface area contributed by atoms with Crippen molar-refractivity contribution in [3.8, 4) is 11.1 Å². The van der Waals surface area contributed by atoms with Gasteiger partial charge in [0.2, 0.25) is 0 Å². The Labute approximate surface area is 457 Å². The lowest BCUT2D eigenvalue weighted by Gasteiger charge is -2.46. The standard InChI is InChI=1S/C71H72BN3S/c1-45-38-61-64-62(39-45)75(59-44-57-56(70(9,10)36-37-71(57,11)12)43-52(59)46-22-16-13-17-23-46)60-42-51(73(48-24-18-14-19-25-48)49-26-20-15-21-27-49)30-32-58(60)72(64)66-65(53-40-47(67(2,3)4)28-33-63(53)76-66)74(61)50-29-31-54-55(41-50)69(7,8)35-34-68(54,5)6/h13-33,38-44H,34-37H2,1-12H3. The number of thiophene rings is 1. The molecule has 0 bridgehead atoms. The molecule has 380 valence electrons. The molecule has 3 nitrogen and oxygen atoms in total. The quantitative estimate of drug-likeness (QED) is 0.154. The van der Waals surface area contributed by atoms with Crippen LogP contribution in [0.3, 0.4) is 0 Å². The minimum absolute atomic E-state index is 0.00918. The van der Waals surface area contributed by atoms with Gasteiger partial charge in [-0.3, -0.25) is 0 Å². The third-order valence-electron chi connectivity index (χ3n) is 18.3. The number of hydrogen-bond acceptors (Lipinski definition) is 4. The van der Waals surface area contributed by atoms with Crippen LogP contribution in [0.4, 0.5) is 51.2 Å². The average molecular weight is 1010 g/mol. The summed E-state index contributed by atoms with van der Waals surface area (Å²) < 4.78 is 2.74. The van der Waals surface area contributed by atoms with Gasteiger partial charge in [0.1, 0.15) is 0 Å². The minimum Gasteiger partial charge on any atom is -0.311 e. The van der Waals surface area contributed by atoms with Crippen molar-refractivity contribution in [2.75, 3.05) is 14.7 Å². The van der Waals surface area contributed by atoms with Crippen molar-refractivity contribution < 1.29 is 0 Å². The summed E-state index contributed by atoms with van der Waals surface area (Å²) in [6.45, 7) is 29.1. The number of nitrogens with zero attached hydrogens (tertiary/aromatic N) is 3. The van der Waals surface area contributed by atoms with Gasteiger partial charge in [-0.25, -0.2) is 0 Å². The molecule has 1 aromatic heterocycles. The van der Waals surface area contributed by atoms with Crippen LogP contribution < -0.4 is 30.4 Å². The molecule has 4 aliphatic rings. The molecule has 9 aromatic rings. The molecule has 0 unspecified atom stereocenters. The van der Waals surface area contributed by atoms with E-state index >= 15 is 0 Å². The summed E-state index contributed by atoms with van der Waals surface area (Å²) in [5.74, 6) is 0. The number of fused-ring (bicyclic) bond motifs is 8. The van der Waals surface area contributed by atoms with Crippen LogP contribution in [0.15, 0.2) is 170 Å². The molecule has 8 aromatic carbocycles. The number of benzene rings is 8. The molecule has 76 heavy (non-hydrogen) atoms. The summed E-state index contributed by atoms with van der Waals surface area (Å²) in [5.41, 5.74) is 24.8. The van der Waals surface area contributed by atoms with Crippen LogP contribution in [-0.4, -0.2) is 6.71 Å². The van der Waals surface area contributed by atoms with E-state index in [1.54, 1.807) is 0 Å². The number of hydrogen-bond donors (Lipinski definition) is 0. The van der Waals surface area contributed by atoms with E-state index in [-0.39, 0.29) is 33.8 Å². The molecule has 0 amide bonds. The zero-order valence-corrected chi connectivity index (χ0v) is 47.6. The van der Waals surface area contributed by atoms with E-state index in [9.17, 15) is 0 Å². The largest absolute Gasteiger partial charge is 0.311 e. The van der Waals surface area contributed by atoms with Gasteiger partial charge in [0.25, 0.3) is 6.71 Å². The van der Waals surface area contributed by atoms with Gasteiger partial charge < -0.3 is 14.7 Å². The van der Waals surface area contributed by atoms with Crippen molar-refractivity contribution in [1.29, 1.82) is 0 Å². The highest BCUT2D eigenvalue weighted by molar-refractivity contribution is 7.33. The average Bonchev–Trinajstić information content (AvgIpc) is 3.90. The molecular weight excluding hydrogens is 938 g/mol. The molecule has 0 atom stereocenters. The summed E-state index contributed by atoms with van der Waals surface area (Å²) in [6, 6.07) is 65.6. The van der Waals surface area contributed by atoms with E-state index in [1.165, 1.54) is 111 Å². The molecule has 3 heterocycles. The molecule has 0 fully saturated rings. The van der Waals surface area contributed by atoms with Crippen LogP contribution in [0.1, 0.15) is 135 Å². The summed E-state index contributed by atoms with van der Waals surface area (Å²) in [5, 5.41) is 1.34. The lowest BCUT2D eigenvalue weighted by molar-refractivity contribution is 0.332. The fourth-order valence-electron chi connectivity index (χ4n) is 13.7. The summed E-state index contributed by atoms with van der Waals surface area (Å²) in [4.78, 5) is 7.86. The van der Waals surface area contributed by atoms with Gasteiger partial charge in [-0.05, 0) is 194 Å². The van der Waals surface area contributed by atoms with Crippen LogP contribution in [0, 0.1) is 6.92 Å². The summed E-state index contributed by atoms with van der Waals surface area (Å²) >= 11 is 2.00. The van der Waals surface area contributed by atoms with Crippen molar-refractivity contribution in [3.63, 3.8) is 0 Å². The molecular formula is C71H72BN3S. The lowest BCUT2D eigenvalue weighted by Crippen LogP contribution is -2.60. The van der Waals surface area contributed by atoms with Crippen LogP contribution in [-0.2, 0) is 27.1 Å². The van der Waals surface area contributed by atoms with Crippen LogP contribution in [0.2, 0.25) is 0 Å². The predicted molar refractivity (Wildman–Crippen MR) is 330 cm³/mol. The number of aryl methyl sites for hydroxylation is 1. The van der Waals surface area contributed by atoms with Crippen LogP contribution >= 0.6 is 11.3 Å². The van der Waals surface area contributed by atoms with Gasteiger partial charge in [-0.2, -0.15) is 0 Å². The maximum Gasteiger partial charge on any atom is 0.264 e.